The molecule has 5 rings (SSSR count). The summed E-state index contributed by atoms with van der Waals surface area (Å²) >= 11 is 0. The van der Waals surface area contributed by atoms with Crippen molar-refractivity contribution in [3.8, 4) is 28.7 Å². The van der Waals surface area contributed by atoms with Gasteiger partial charge in [-0.05, 0) is 31.2 Å². The van der Waals surface area contributed by atoms with Crippen molar-refractivity contribution >= 4 is 5.82 Å². The highest BCUT2D eigenvalue weighted by atomic mass is 19.1. The minimum atomic E-state index is -0.689. The van der Waals surface area contributed by atoms with Gasteiger partial charge in [-0.25, -0.2) is 9.37 Å². The van der Waals surface area contributed by atoms with Crippen LogP contribution in [0.5, 0.6) is 11.5 Å². The number of rotatable bonds is 0. The lowest BCUT2D eigenvalue weighted by Gasteiger charge is -2.42. The molecule has 2 aromatic heterocycles. The van der Waals surface area contributed by atoms with Crippen LogP contribution < -0.4 is 15.2 Å². The monoisotopic (exact) mass is 451 g/mol. The number of halogens is 1. The molecule has 8 nitrogen and oxygen atoms in total. The number of anilines is 1. The van der Waals surface area contributed by atoms with Gasteiger partial charge in [-0.15, -0.1) is 0 Å². The number of hydrogen-bond acceptors (Lipinski definition) is 7. The number of aromatic nitrogens is 3. The standard InChI is InChI=1S/C22H20FN5O3.C2H6/c1-12-15-6-14(23)3-4-18(15)31-22(10-29-11-22)7-16-20(17(8-24)28(2)27-16)13-5-19(30-12)21(25)26-9-13;1-2/h3-6,9,12H,7,10-11H2,1-2H3,(H2,25,26);1-2H3. The van der Waals surface area contributed by atoms with Gasteiger partial charge >= 0.3 is 0 Å². The molecule has 1 saturated heterocycles. The third kappa shape index (κ3) is 3.98. The van der Waals surface area contributed by atoms with Crippen LogP contribution in [-0.4, -0.2) is 33.6 Å². The molecule has 2 aliphatic rings. The van der Waals surface area contributed by atoms with E-state index in [1.54, 1.807) is 37.0 Å². The Bertz CT molecular complexity index is 1230. The number of nitrogens with zero attached hydrogens (tertiary/aromatic N) is 4. The molecule has 2 aliphatic heterocycles. The zero-order valence-corrected chi connectivity index (χ0v) is 19.1. The highest BCUT2D eigenvalue weighted by molar-refractivity contribution is 5.74. The van der Waals surface area contributed by atoms with Crippen LogP contribution in [0.2, 0.25) is 0 Å². The zero-order chi connectivity index (χ0) is 23.8. The van der Waals surface area contributed by atoms with Crippen LogP contribution in [0.25, 0.3) is 11.1 Å². The number of fused-ring (bicyclic) bond motifs is 5. The second kappa shape index (κ2) is 8.71. The van der Waals surface area contributed by atoms with Crippen molar-refractivity contribution in [1.82, 2.24) is 14.8 Å². The summed E-state index contributed by atoms with van der Waals surface area (Å²) in [5.41, 5.74) is 8.31. The molecular weight excluding hydrogens is 425 g/mol. The van der Waals surface area contributed by atoms with E-state index >= 15 is 0 Å². The largest absolute Gasteiger partial charge is 0.482 e. The van der Waals surface area contributed by atoms with Gasteiger partial charge in [0.25, 0.3) is 0 Å². The van der Waals surface area contributed by atoms with Crippen molar-refractivity contribution < 1.29 is 18.6 Å². The Morgan fingerprint density at radius 3 is 2.67 bits per heavy atom. The molecule has 33 heavy (non-hydrogen) atoms. The van der Waals surface area contributed by atoms with Crippen molar-refractivity contribution in [2.24, 2.45) is 7.05 Å². The average molecular weight is 452 g/mol. The normalized spacial score (nSPS) is 17.9. The van der Waals surface area contributed by atoms with Gasteiger partial charge in [0, 0.05) is 36.4 Å². The molecule has 0 radical (unpaired) electrons. The van der Waals surface area contributed by atoms with E-state index < -0.39 is 17.5 Å². The molecule has 0 saturated carbocycles. The molecule has 1 spiro atoms. The summed E-state index contributed by atoms with van der Waals surface area (Å²) in [4.78, 5) is 4.27. The second-order valence-electron chi connectivity index (χ2n) is 7.91. The van der Waals surface area contributed by atoms with E-state index in [4.69, 9.17) is 19.9 Å². The summed E-state index contributed by atoms with van der Waals surface area (Å²) in [7, 11) is 1.72. The molecule has 9 heteroatoms. The SMILES string of the molecule is CC.CC1Oc2cc(cnc2N)-c2c(nn(C)c2C#N)CC2(COC2)Oc2ccc(F)cc21. The van der Waals surface area contributed by atoms with Gasteiger partial charge in [0.15, 0.2) is 17.2 Å². The van der Waals surface area contributed by atoms with Gasteiger partial charge in [0.1, 0.15) is 29.4 Å². The topological polar surface area (TPSA) is 108 Å². The molecule has 1 aromatic carbocycles. The Balaban J connectivity index is 0.00000126. The van der Waals surface area contributed by atoms with Crippen molar-refractivity contribution in [3.63, 3.8) is 0 Å². The molecule has 4 heterocycles. The van der Waals surface area contributed by atoms with Crippen LogP contribution in [0.1, 0.15) is 43.8 Å². The number of nitriles is 1. The summed E-state index contributed by atoms with van der Waals surface area (Å²) in [6.07, 6.45) is 1.44. The fourth-order valence-corrected chi connectivity index (χ4v) is 4.07. The maximum absolute atomic E-state index is 14.1. The summed E-state index contributed by atoms with van der Waals surface area (Å²) in [5.74, 6) is 0.633. The van der Waals surface area contributed by atoms with E-state index in [1.807, 2.05) is 13.8 Å². The van der Waals surface area contributed by atoms with E-state index in [2.05, 4.69) is 16.2 Å². The minimum absolute atomic E-state index is 0.194. The van der Waals surface area contributed by atoms with Crippen LogP contribution in [0, 0.1) is 17.1 Å². The third-order valence-corrected chi connectivity index (χ3v) is 5.66. The summed E-state index contributed by atoms with van der Waals surface area (Å²) in [5, 5.41) is 14.3. The number of pyridine rings is 1. The molecule has 1 unspecified atom stereocenters. The quantitative estimate of drug-likeness (QED) is 0.551. The Labute approximate surface area is 191 Å². The Kier molecular flexibility index (Phi) is 5.95. The molecule has 2 bridgehead atoms. The molecular formula is C24H26FN5O3. The van der Waals surface area contributed by atoms with Crippen molar-refractivity contribution in [3.05, 3.63) is 53.2 Å². The number of nitrogen functional groups attached to an aromatic ring is 1. The lowest BCUT2D eigenvalue weighted by Crippen LogP contribution is -2.56. The molecule has 2 N–H and O–H groups in total. The number of benzene rings is 1. The predicted molar refractivity (Wildman–Crippen MR) is 120 cm³/mol. The van der Waals surface area contributed by atoms with Crippen molar-refractivity contribution in [2.75, 3.05) is 18.9 Å². The Morgan fingerprint density at radius 1 is 1.24 bits per heavy atom. The first kappa shape index (κ1) is 22.6. The van der Waals surface area contributed by atoms with Gasteiger partial charge < -0.3 is 19.9 Å². The Morgan fingerprint density at radius 2 is 2.00 bits per heavy atom. The van der Waals surface area contributed by atoms with Gasteiger partial charge in [0.2, 0.25) is 0 Å². The van der Waals surface area contributed by atoms with Crippen LogP contribution in [0.4, 0.5) is 10.2 Å². The second-order valence-corrected chi connectivity index (χ2v) is 7.91. The fraction of sp³-hybridized carbons (Fsp3) is 0.375. The number of nitrogens with two attached hydrogens (primary N) is 1. The van der Waals surface area contributed by atoms with E-state index in [-0.39, 0.29) is 5.82 Å². The number of aryl methyl sites for hydroxylation is 1. The minimum Gasteiger partial charge on any atom is -0.482 e. The molecule has 3 aromatic rings. The first-order valence-corrected chi connectivity index (χ1v) is 10.8. The van der Waals surface area contributed by atoms with Crippen molar-refractivity contribution in [2.45, 2.75) is 38.9 Å². The predicted octanol–water partition coefficient (Wildman–Crippen LogP) is 3.95. The maximum atomic E-state index is 14.1. The van der Waals surface area contributed by atoms with Gasteiger partial charge in [-0.3, -0.25) is 4.68 Å². The molecule has 1 atom stereocenters. The highest BCUT2D eigenvalue weighted by Crippen LogP contribution is 2.40. The van der Waals surface area contributed by atoms with E-state index in [9.17, 15) is 9.65 Å². The molecule has 1 fully saturated rings. The van der Waals surface area contributed by atoms with E-state index in [1.165, 1.54) is 12.1 Å². The first-order valence-electron chi connectivity index (χ1n) is 10.8. The van der Waals surface area contributed by atoms with E-state index in [0.29, 0.717) is 59.2 Å². The highest BCUT2D eigenvalue weighted by Gasteiger charge is 2.44. The lowest BCUT2D eigenvalue weighted by atomic mass is 9.91. The lowest BCUT2D eigenvalue weighted by molar-refractivity contribution is -0.161. The molecule has 0 aliphatic carbocycles. The van der Waals surface area contributed by atoms with Gasteiger partial charge in [-0.2, -0.15) is 10.4 Å². The first-order chi connectivity index (χ1) is 15.9. The summed E-state index contributed by atoms with van der Waals surface area (Å²) in [6, 6.07) is 8.30. The average Bonchev–Trinajstić information content (AvgIpc) is 3.10. The van der Waals surface area contributed by atoms with Crippen LogP contribution in [-0.2, 0) is 18.2 Å². The summed E-state index contributed by atoms with van der Waals surface area (Å²) < 4.78 is 33.6. The fourth-order valence-electron chi connectivity index (χ4n) is 4.07. The van der Waals surface area contributed by atoms with Crippen LogP contribution in [0.15, 0.2) is 30.5 Å². The molecule has 0 amide bonds. The van der Waals surface area contributed by atoms with Gasteiger partial charge in [-0.1, -0.05) is 13.8 Å². The van der Waals surface area contributed by atoms with E-state index in [0.717, 1.165) is 0 Å². The number of hydrogen-bond donors (Lipinski definition) is 1. The molecule has 172 valence electrons. The van der Waals surface area contributed by atoms with Crippen LogP contribution in [0.3, 0.4) is 0 Å². The number of ether oxygens (including phenoxy) is 3. The van der Waals surface area contributed by atoms with Crippen LogP contribution >= 0.6 is 0 Å². The summed E-state index contributed by atoms with van der Waals surface area (Å²) in [6.45, 7) is 6.49. The maximum Gasteiger partial charge on any atom is 0.166 e. The third-order valence-electron chi connectivity index (χ3n) is 5.66. The van der Waals surface area contributed by atoms with Gasteiger partial charge in [0.05, 0.1) is 18.9 Å². The van der Waals surface area contributed by atoms with Crippen molar-refractivity contribution in [1.29, 1.82) is 5.26 Å². The Hall–Kier alpha value is -3.64. The smallest absolute Gasteiger partial charge is 0.166 e. The zero-order valence-electron chi connectivity index (χ0n) is 19.1.